The first-order valence-electron chi connectivity index (χ1n) is 7.21. The second-order valence-electron chi connectivity index (χ2n) is 5.46. The molecule has 2 rings (SSSR count). The number of alkyl halides is 3. The summed E-state index contributed by atoms with van der Waals surface area (Å²) in [5.41, 5.74) is -0.541. The molecule has 0 aromatic heterocycles. The largest absolute Gasteiger partial charge is 0.416 e. The van der Waals surface area contributed by atoms with Crippen molar-refractivity contribution in [3.63, 3.8) is 0 Å². The van der Waals surface area contributed by atoms with E-state index in [1.165, 1.54) is 6.07 Å². The molecule has 0 radical (unpaired) electrons. The lowest BCUT2D eigenvalue weighted by atomic mass is 10.1. The van der Waals surface area contributed by atoms with E-state index in [9.17, 15) is 17.6 Å². The Labute approximate surface area is 122 Å². The van der Waals surface area contributed by atoms with Gasteiger partial charge in [0.25, 0.3) is 0 Å². The maximum atomic E-state index is 13.4. The van der Waals surface area contributed by atoms with Crippen molar-refractivity contribution in [1.82, 2.24) is 10.2 Å². The number of hydrogen-bond donors (Lipinski definition) is 1. The molecule has 21 heavy (non-hydrogen) atoms. The Morgan fingerprint density at radius 3 is 2.62 bits per heavy atom. The maximum Gasteiger partial charge on any atom is 0.416 e. The monoisotopic (exact) mass is 304 g/mol. The number of rotatable bonds is 5. The van der Waals surface area contributed by atoms with Crippen LogP contribution in [0.15, 0.2) is 18.2 Å². The van der Waals surface area contributed by atoms with E-state index in [2.05, 4.69) is 10.2 Å². The van der Waals surface area contributed by atoms with E-state index >= 15 is 0 Å². The molecule has 6 heteroatoms. The fraction of sp³-hybridized carbons (Fsp3) is 0.600. The number of nitrogens with one attached hydrogen (secondary N) is 1. The molecule has 0 bridgehead atoms. The van der Waals surface area contributed by atoms with Gasteiger partial charge >= 0.3 is 6.18 Å². The molecule has 0 saturated carbocycles. The first-order valence-corrected chi connectivity index (χ1v) is 7.21. The van der Waals surface area contributed by atoms with E-state index in [0.29, 0.717) is 24.2 Å². The van der Waals surface area contributed by atoms with Gasteiger partial charge in [0.1, 0.15) is 5.82 Å². The molecule has 1 aliphatic rings. The van der Waals surface area contributed by atoms with Crippen LogP contribution in [0.5, 0.6) is 0 Å². The van der Waals surface area contributed by atoms with Crippen LogP contribution in [0, 0.1) is 5.82 Å². The third-order valence-electron chi connectivity index (χ3n) is 3.73. The van der Waals surface area contributed by atoms with Crippen LogP contribution in [-0.2, 0) is 12.7 Å². The van der Waals surface area contributed by atoms with Crippen LogP contribution in [0.1, 0.15) is 30.9 Å². The van der Waals surface area contributed by atoms with Crippen molar-refractivity contribution in [3.05, 3.63) is 35.1 Å². The molecule has 1 heterocycles. The molecule has 1 N–H and O–H groups in total. The van der Waals surface area contributed by atoms with Crippen molar-refractivity contribution in [2.75, 3.05) is 19.6 Å². The van der Waals surface area contributed by atoms with Gasteiger partial charge in [-0.15, -0.1) is 0 Å². The molecule has 1 unspecified atom stereocenters. The Morgan fingerprint density at radius 1 is 1.29 bits per heavy atom. The molecule has 0 spiro atoms. The molecule has 1 aromatic rings. The summed E-state index contributed by atoms with van der Waals surface area (Å²) in [6.45, 7) is 4.93. The van der Waals surface area contributed by atoms with Gasteiger partial charge < -0.3 is 5.32 Å². The van der Waals surface area contributed by atoms with Gasteiger partial charge in [0.05, 0.1) is 5.56 Å². The number of halogens is 4. The molecule has 118 valence electrons. The third kappa shape index (κ3) is 4.41. The molecule has 1 atom stereocenters. The van der Waals surface area contributed by atoms with Crippen molar-refractivity contribution < 1.29 is 17.6 Å². The Hall–Kier alpha value is -1.14. The summed E-state index contributed by atoms with van der Waals surface area (Å²) in [5.74, 6) is -0.833. The topological polar surface area (TPSA) is 15.3 Å². The molecule has 2 nitrogen and oxygen atoms in total. The van der Waals surface area contributed by atoms with Crippen molar-refractivity contribution >= 4 is 0 Å². The van der Waals surface area contributed by atoms with Crippen LogP contribution in [0.4, 0.5) is 17.6 Å². The van der Waals surface area contributed by atoms with Crippen molar-refractivity contribution in [1.29, 1.82) is 0 Å². The third-order valence-corrected chi connectivity index (χ3v) is 3.73. The van der Waals surface area contributed by atoms with Gasteiger partial charge in [0.15, 0.2) is 0 Å². The molecule has 1 aliphatic heterocycles. The van der Waals surface area contributed by atoms with E-state index in [0.717, 1.165) is 38.5 Å². The van der Waals surface area contributed by atoms with E-state index in [1.807, 2.05) is 6.92 Å². The van der Waals surface area contributed by atoms with Gasteiger partial charge in [-0.05, 0) is 49.7 Å². The van der Waals surface area contributed by atoms with E-state index in [1.54, 1.807) is 0 Å². The Balaban J connectivity index is 2.17. The van der Waals surface area contributed by atoms with Gasteiger partial charge in [-0.25, -0.2) is 4.39 Å². The van der Waals surface area contributed by atoms with Crippen LogP contribution < -0.4 is 5.32 Å². The summed E-state index contributed by atoms with van der Waals surface area (Å²) in [6.07, 6.45) is -2.62. The minimum atomic E-state index is -4.51. The minimum Gasteiger partial charge on any atom is -0.315 e. The highest BCUT2D eigenvalue weighted by molar-refractivity contribution is 5.27. The van der Waals surface area contributed by atoms with Crippen LogP contribution in [0.2, 0.25) is 0 Å². The van der Waals surface area contributed by atoms with Crippen molar-refractivity contribution in [3.8, 4) is 0 Å². The van der Waals surface area contributed by atoms with Gasteiger partial charge in [-0.2, -0.15) is 13.2 Å². The molecule has 0 amide bonds. The standard InChI is InChI=1S/C15H20F4N2/c1-2-5-21(14-3-4-20-9-14)10-11-6-12(15(17,18)19)8-13(16)7-11/h6-8,14,20H,2-5,9-10H2,1H3. The Kier molecular flexibility index (Phi) is 5.22. The summed E-state index contributed by atoms with van der Waals surface area (Å²) < 4.78 is 51.7. The average molecular weight is 304 g/mol. The number of benzene rings is 1. The summed E-state index contributed by atoms with van der Waals surface area (Å²) in [7, 11) is 0. The first-order chi connectivity index (χ1) is 9.90. The predicted molar refractivity (Wildman–Crippen MR) is 73.4 cm³/mol. The summed E-state index contributed by atoms with van der Waals surface area (Å²) in [6, 6.07) is 3.10. The summed E-state index contributed by atoms with van der Waals surface area (Å²) >= 11 is 0. The van der Waals surface area contributed by atoms with Crippen LogP contribution in [0.25, 0.3) is 0 Å². The van der Waals surface area contributed by atoms with Gasteiger partial charge in [-0.1, -0.05) is 6.92 Å². The van der Waals surface area contributed by atoms with Gasteiger partial charge in [0.2, 0.25) is 0 Å². The first kappa shape index (κ1) is 16.2. The zero-order chi connectivity index (χ0) is 15.5. The highest BCUT2D eigenvalue weighted by atomic mass is 19.4. The van der Waals surface area contributed by atoms with E-state index < -0.39 is 17.6 Å². The number of hydrogen-bond acceptors (Lipinski definition) is 2. The molecular weight excluding hydrogens is 284 g/mol. The van der Waals surface area contributed by atoms with E-state index in [-0.39, 0.29) is 0 Å². The van der Waals surface area contributed by atoms with Crippen LogP contribution in [0.3, 0.4) is 0 Å². The second-order valence-corrected chi connectivity index (χ2v) is 5.46. The SMILES string of the molecule is CCCN(Cc1cc(F)cc(C(F)(F)F)c1)C1CCNC1. The fourth-order valence-corrected chi connectivity index (χ4v) is 2.77. The normalized spacial score (nSPS) is 19.4. The lowest BCUT2D eigenvalue weighted by molar-refractivity contribution is -0.137. The maximum absolute atomic E-state index is 13.4. The Morgan fingerprint density at radius 2 is 2.05 bits per heavy atom. The summed E-state index contributed by atoms with van der Waals surface area (Å²) in [4.78, 5) is 2.13. The van der Waals surface area contributed by atoms with Crippen molar-refractivity contribution in [2.24, 2.45) is 0 Å². The highest BCUT2D eigenvalue weighted by Crippen LogP contribution is 2.31. The quantitative estimate of drug-likeness (QED) is 0.839. The molecule has 1 fully saturated rings. The fourth-order valence-electron chi connectivity index (χ4n) is 2.77. The highest BCUT2D eigenvalue weighted by Gasteiger charge is 2.31. The predicted octanol–water partition coefficient (Wildman–Crippen LogP) is 3.42. The van der Waals surface area contributed by atoms with Crippen LogP contribution in [-0.4, -0.2) is 30.6 Å². The molecule has 1 aromatic carbocycles. The van der Waals surface area contributed by atoms with Gasteiger partial charge in [-0.3, -0.25) is 4.90 Å². The lowest BCUT2D eigenvalue weighted by Gasteiger charge is -2.28. The zero-order valence-corrected chi connectivity index (χ0v) is 12.0. The smallest absolute Gasteiger partial charge is 0.315 e. The average Bonchev–Trinajstić information content (AvgIpc) is 2.90. The molecule has 0 aliphatic carbocycles. The molecular formula is C15H20F4N2. The second kappa shape index (κ2) is 6.75. The zero-order valence-electron chi connectivity index (χ0n) is 12.0. The van der Waals surface area contributed by atoms with Crippen LogP contribution >= 0.6 is 0 Å². The van der Waals surface area contributed by atoms with E-state index in [4.69, 9.17) is 0 Å². The molecule has 1 saturated heterocycles. The van der Waals surface area contributed by atoms with Gasteiger partial charge in [0, 0.05) is 19.1 Å². The Bertz CT molecular complexity index is 467. The lowest BCUT2D eigenvalue weighted by Crippen LogP contribution is -2.37. The summed E-state index contributed by atoms with van der Waals surface area (Å²) in [5, 5.41) is 3.25. The van der Waals surface area contributed by atoms with Crippen molar-refractivity contribution in [2.45, 2.75) is 38.5 Å². The number of nitrogens with zero attached hydrogens (tertiary/aromatic N) is 1. The minimum absolute atomic E-state index is 0.308.